The zero-order chi connectivity index (χ0) is 13.1. The Morgan fingerprint density at radius 1 is 1.39 bits per heavy atom. The fourth-order valence-electron chi connectivity index (χ4n) is 1.99. The van der Waals surface area contributed by atoms with Crippen LogP contribution in [0.3, 0.4) is 0 Å². The van der Waals surface area contributed by atoms with Gasteiger partial charge in [0.1, 0.15) is 4.34 Å². The van der Waals surface area contributed by atoms with E-state index in [0.717, 1.165) is 41.5 Å². The number of carbonyl (C=O) groups is 1. The molecule has 0 radical (unpaired) electrons. The molecule has 0 saturated carbocycles. The highest BCUT2D eigenvalue weighted by molar-refractivity contribution is 9.10. The molecule has 0 aromatic carbocycles. The van der Waals surface area contributed by atoms with Crippen LogP contribution in [0.15, 0.2) is 10.5 Å². The first-order valence-corrected chi connectivity index (χ1v) is 7.63. The maximum atomic E-state index is 10.6. The van der Waals surface area contributed by atoms with Crippen molar-refractivity contribution in [1.82, 2.24) is 9.80 Å². The zero-order valence-electron chi connectivity index (χ0n) is 9.73. The third-order valence-corrected chi connectivity index (χ3v) is 5.36. The van der Waals surface area contributed by atoms with E-state index in [0.29, 0.717) is 0 Å². The molecule has 100 valence electrons. The summed E-state index contributed by atoms with van der Waals surface area (Å²) in [6.07, 6.45) is 0. The van der Waals surface area contributed by atoms with E-state index >= 15 is 0 Å². The van der Waals surface area contributed by atoms with Crippen LogP contribution in [-0.2, 0) is 11.3 Å². The van der Waals surface area contributed by atoms with Gasteiger partial charge in [-0.3, -0.25) is 14.6 Å². The SMILES string of the molecule is O=C(O)CN1CCN(Cc2cc(Br)c(Cl)s2)CC1. The van der Waals surface area contributed by atoms with E-state index in [1.165, 1.54) is 4.88 Å². The summed E-state index contributed by atoms with van der Waals surface area (Å²) in [5.41, 5.74) is 0. The highest BCUT2D eigenvalue weighted by Crippen LogP contribution is 2.32. The summed E-state index contributed by atoms with van der Waals surface area (Å²) in [4.78, 5) is 16.1. The normalized spacial score (nSPS) is 18.1. The van der Waals surface area contributed by atoms with E-state index in [4.69, 9.17) is 16.7 Å². The predicted molar refractivity (Wildman–Crippen MR) is 76.4 cm³/mol. The molecule has 1 aromatic rings. The molecule has 0 spiro atoms. The van der Waals surface area contributed by atoms with E-state index in [2.05, 4.69) is 26.9 Å². The van der Waals surface area contributed by atoms with Crippen LogP contribution < -0.4 is 0 Å². The number of piperazine rings is 1. The van der Waals surface area contributed by atoms with Crippen molar-refractivity contribution in [3.05, 3.63) is 19.8 Å². The Hall–Kier alpha value is -0.140. The van der Waals surface area contributed by atoms with Crippen LogP contribution >= 0.6 is 38.9 Å². The molecule has 0 bridgehead atoms. The molecule has 0 aliphatic carbocycles. The predicted octanol–water partition coefficient (Wildman–Crippen LogP) is 2.37. The lowest BCUT2D eigenvalue weighted by Crippen LogP contribution is -2.47. The highest BCUT2D eigenvalue weighted by atomic mass is 79.9. The van der Waals surface area contributed by atoms with Crippen molar-refractivity contribution in [1.29, 1.82) is 0 Å². The van der Waals surface area contributed by atoms with Crippen molar-refractivity contribution in [3.8, 4) is 0 Å². The zero-order valence-corrected chi connectivity index (χ0v) is 12.9. The van der Waals surface area contributed by atoms with Gasteiger partial charge in [0.2, 0.25) is 0 Å². The second-order valence-corrected chi connectivity index (χ2v) is 6.87. The summed E-state index contributed by atoms with van der Waals surface area (Å²) in [5.74, 6) is -0.752. The van der Waals surface area contributed by atoms with Gasteiger partial charge in [-0.15, -0.1) is 11.3 Å². The van der Waals surface area contributed by atoms with E-state index in [-0.39, 0.29) is 6.54 Å². The fraction of sp³-hybridized carbons (Fsp3) is 0.545. The summed E-state index contributed by atoms with van der Waals surface area (Å²) >= 11 is 11.0. The average Bonchev–Trinajstić information content (AvgIpc) is 2.60. The first kappa shape index (κ1) is 14.3. The number of halogens is 2. The van der Waals surface area contributed by atoms with Crippen LogP contribution in [0.4, 0.5) is 0 Å². The van der Waals surface area contributed by atoms with Crippen LogP contribution in [0.25, 0.3) is 0 Å². The summed E-state index contributed by atoms with van der Waals surface area (Å²) in [7, 11) is 0. The van der Waals surface area contributed by atoms with E-state index in [9.17, 15) is 4.79 Å². The van der Waals surface area contributed by atoms with Crippen molar-refractivity contribution in [2.75, 3.05) is 32.7 Å². The lowest BCUT2D eigenvalue weighted by Gasteiger charge is -2.33. The molecule has 0 unspecified atom stereocenters. The highest BCUT2D eigenvalue weighted by Gasteiger charge is 2.19. The Kier molecular flexibility index (Phi) is 5.03. The molecule has 4 nitrogen and oxygen atoms in total. The Bertz CT molecular complexity index is 413. The molecule has 1 aromatic heterocycles. The molecule has 2 rings (SSSR count). The molecule has 18 heavy (non-hydrogen) atoms. The Morgan fingerprint density at radius 3 is 2.50 bits per heavy atom. The Balaban J connectivity index is 1.81. The molecule has 1 fully saturated rings. The van der Waals surface area contributed by atoms with Crippen molar-refractivity contribution in [2.45, 2.75) is 6.54 Å². The summed E-state index contributed by atoms with van der Waals surface area (Å²) < 4.78 is 1.74. The molecule has 1 aliphatic heterocycles. The molecule has 0 amide bonds. The number of carboxylic acid groups (broad SMARTS) is 1. The molecular formula is C11H14BrClN2O2S. The van der Waals surface area contributed by atoms with Crippen LogP contribution in [0.2, 0.25) is 4.34 Å². The second-order valence-electron chi connectivity index (χ2n) is 4.28. The Labute approximate surface area is 123 Å². The van der Waals surface area contributed by atoms with Crippen molar-refractivity contribution in [2.24, 2.45) is 0 Å². The monoisotopic (exact) mass is 352 g/mol. The van der Waals surface area contributed by atoms with E-state index in [1.54, 1.807) is 11.3 Å². The standard InChI is InChI=1S/C11H14BrClN2O2S/c12-9-5-8(18-11(9)13)6-14-1-3-15(4-2-14)7-10(16)17/h5H,1-4,6-7H2,(H,16,17). The van der Waals surface area contributed by atoms with Crippen molar-refractivity contribution in [3.63, 3.8) is 0 Å². The molecule has 2 heterocycles. The first-order valence-electron chi connectivity index (χ1n) is 5.65. The lowest BCUT2D eigenvalue weighted by atomic mass is 10.3. The minimum Gasteiger partial charge on any atom is -0.480 e. The molecule has 1 saturated heterocycles. The number of nitrogens with zero attached hydrogens (tertiary/aromatic N) is 2. The minimum atomic E-state index is -0.752. The number of hydrogen-bond donors (Lipinski definition) is 1. The Morgan fingerprint density at radius 2 is 2.00 bits per heavy atom. The quantitative estimate of drug-likeness (QED) is 0.902. The van der Waals surface area contributed by atoms with Crippen LogP contribution in [-0.4, -0.2) is 53.6 Å². The molecule has 1 aliphatic rings. The lowest BCUT2D eigenvalue weighted by molar-refractivity contribution is -0.138. The summed E-state index contributed by atoms with van der Waals surface area (Å²) in [5, 5.41) is 8.73. The summed E-state index contributed by atoms with van der Waals surface area (Å²) in [6, 6.07) is 2.05. The van der Waals surface area contributed by atoms with Crippen LogP contribution in [0.5, 0.6) is 0 Å². The van der Waals surface area contributed by atoms with Gasteiger partial charge in [0.25, 0.3) is 0 Å². The third-order valence-electron chi connectivity index (χ3n) is 2.90. The second kappa shape index (κ2) is 6.34. The van der Waals surface area contributed by atoms with Gasteiger partial charge in [-0.05, 0) is 22.0 Å². The number of carboxylic acids is 1. The number of hydrogen-bond acceptors (Lipinski definition) is 4. The third kappa shape index (κ3) is 3.93. The van der Waals surface area contributed by atoms with Gasteiger partial charge in [0.15, 0.2) is 0 Å². The number of rotatable bonds is 4. The smallest absolute Gasteiger partial charge is 0.317 e. The number of aliphatic carboxylic acids is 1. The molecule has 7 heteroatoms. The fourth-order valence-corrected chi connectivity index (χ4v) is 3.82. The molecular weight excluding hydrogens is 340 g/mol. The molecule has 0 atom stereocenters. The largest absolute Gasteiger partial charge is 0.480 e. The van der Waals surface area contributed by atoms with Gasteiger partial charge in [-0.25, -0.2) is 0 Å². The van der Waals surface area contributed by atoms with Gasteiger partial charge in [-0.1, -0.05) is 11.6 Å². The van der Waals surface area contributed by atoms with Gasteiger partial charge in [0.05, 0.1) is 6.54 Å². The molecule has 1 N–H and O–H groups in total. The number of thiophene rings is 1. The maximum absolute atomic E-state index is 10.6. The van der Waals surface area contributed by atoms with Crippen molar-refractivity contribution < 1.29 is 9.90 Å². The first-order chi connectivity index (χ1) is 8.54. The summed E-state index contributed by atoms with van der Waals surface area (Å²) in [6.45, 7) is 4.46. The van der Waals surface area contributed by atoms with Crippen LogP contribution in [0, 0.1) is 0 Å². The van der Waals surface area contributed by atoms with E-state index in [1.807, 2.05) is 4.90 Å². The average molecular weight is 354 g/mol. The van der Waals surface area contributed by atoms with Gasteiger partial charge in [-0.2, -0.15) is 0 Å². The van der Waals surface area contributed by atoms with Gasteiger partial charge < -0.3 is 5.11 Å². The minimum absolute atomic E-state index is 0.143. The van der Waals surface area contributed by atoms with Gasteiger partial charge >= 0.3 is 5.97 Å². The van der Waals surface area contributed by atoms with Crippen molar-refractivity contribution >= 4 is 44.8 Å². The van der Waals surface area contributed by atoms with Crippen LogP contribution in [0.1, 0.15) is 4.88 Å². The maximum Gasteiger partial charge on any atom is 0.317 e. The van der Waals surface area contributed by atoms with Gasteiger partial charge in [0, 0.05) is 42.1 Å². The topological polar surface area (TPSA) is 43.8 Å². The van der Waals surface area contributed by atoms with E-state index < -0.39 is 5.97 Å².